The minimum Gasteiger partial charge on any atom is -0.508 e. The average molecular weight is 293 g/mol. The van der Waals surface area contributed by atoms with Crippen molar-refractivity contribution in [2.75, 3.05) is 13.7 Å². The van der Waals surface area contributed by atoms with Gasteiger partial charge in [-0.3, -0.25) is 0 Å². The van der Waals surface area contributed by atoms with Crippen LogP contribution < -0.4 is 10.1 Å². The second-order valence-corrected chi connectivity index (χ2v) is 4.70. The van der Waals surface area contributed by atoms with E-state index in [0.29, 0.717) is 36.4 Å². The third-order valence-electron chi connectivity index (χ3n) is 3.11. The zero-order valence-electron chi connectivity index (χ0n) is 11.7. The fourth-order valence-corrected chi connectivity index (χ4v) is 2.04. The van der Waals surface area contributed by atoms with E-state index in [-0.39, 0.29) is 5.75 Å². The van der Waals surface area contributed by atoms with Gasteiger partial charge < -0.3 is 15.2 Å². The van der Waals surface area contributed by atoms with Crippen LogP contribution in [0.1, 0.15) is 11.1 Å². The molecule has 0 aliphatic heterocycles. The van der Waals surface area contributed by atoms with Crippen LogP contribution in [0, 0.1) is 11.6 Å². The normalized spacial score (nSPS) is 10.6. The summed E-state index contributed by atoms with van der Waals surface area (Å²) in [7, 11) is 1.56. The number of hydrogen-bond acceptors (Lipinski definition) is 3. The van der Waals surface area contributed by atoms with Crippen LogP contribution in [0.3, 0.4) is 0 Å². The predicted molar refractivity (Wildman–Crippen MR) is 76.4 cm³/mol. The van der Waals surface area contributed by atoms with Gasteiger partial charge in [-0.15, -0.1) is 0 Å². The van der Waals surface area contributed by atoms with Crippen LogP contribution in [0.5, 0.6) is 11.5 Å². The van der Waals surface area contributed by atoms with Crippen molar-refractivity contribution in [2.24, 2.45) is 0 Å². The number of hydrogen-bond donors (Lipinski definition) is 2. The van der Waals surface area contributed by atoms with Gasteiger partial charge in [0.2, 0.25) is 0 Å². The Balaban J connectivity index is 1.87. The van der Waals surface area contributed by atoms with Crippen molar-refractivity contribution in [3.63, 3.8) is 0 Å². The molecule has 112 valence electrons. The lowest BCUT2D eigenvalue weighted by molar-refractivity contribution is 0.410. The van der Waals surface area contributed by atoms with Crippen molar-refractivity contribution in [3.8, 4) is 11.5 Å². The van der Waals surface area contributed by atoms with E-state index in [0.717, 1.165) is 6.07 Å². The zero-order valence-corrected chi connectivity index (χ0v) is 11.7. The van der Waals surface area contributed by atoms with Crippen LogP contribution in [-0.2, 0) is 13.0 Å². The summed E-state index contributed by atoms with van der Waals surface area (Å²) in [5.41, 5.74) is 1.30. The third kappa shape index (κ3) is 4.43. The van der Waals surface area contributed by atoms with Crippen LogP contribution in [0.15, 0.2) is 36.4 Å². The molecule has 2 aromatic rings. The smallest absolute Gasteiger partial charge is 0.126 e. The summed E-state index contributed by atoms with van der Waals surface area (Å²) in [6.45, 7) is 0.986. The van der Waals surface area contributed by atoms with Crippen molar-refractivity contribution in [3.05, 3.63) is 59.2 Å². The van der Waals surface area contributed by atoms with E-state index in [2.05, 4.69) is 5.32 Å². The van der Waals surface area contributed by atoms with Crippen LogP contribution in [0.2, 0.25) is 0 Å². The second kappa shape index (κ2) is 7.04. The topological polar surface area (TPSA) is 41.5 Å². The number of aromatic hydroxyl groups is 1. The lowest BCUT2D eigenvalue weighted by Gasteiger charge is -2.09. The van der Waals surface area contributed by atoms with Crippen molar-refractivity contribution in [1.29, 1.82) is 0 Å². The molecular formula is C16H17F2NO2. The molecule has 0 radical (unpaired) electrons. The monoisotopic (exact) mass is 293 g/mol. The summed E-state index contributed by atoms with van der Waals surface area (Å²) in [4.78, 5) is 0. The summed E-state index contributed by atoms with van der Waals surface area (Å²) in [6.07, 6.45) is 0.499. The maximum atomic E-state index is 13.0. The molecule has 0 fully saturated rings. The minimum atomic E-state index is -0.574. The first-order chi connectivity index (χ1) is 10.1. The highest BCUT2D eigenvalue weighted by atomic mass is 19.1. The molecule has 2 N–H and O–H groups in total. The maximum absolute atomic E-state index is 13.0. The van der Waals surface area contributed by atoms with E-state index in [1.54, 1.807) is 25.3 Å². The highest BCUT2D eigenvalue weighted by molar-refractivity contribution is 5.39. The Morgan fingerprint density at radius 3 is 2.48 bits per heavy atom. The number of methoxy groups -OCH3 is 1. The number of ether oxygens (including phenoxy) is 1. The molecule has 0 saturated heterocycles. The molecular weight excluding hydrogens is 276 g/mol. The third-order valence-corrected chi connectivity index (χ3v) is 3.11. The van der Waals surface area contributed by atoms with E-state index < -0.39 is 11.6 Å². The van der Waals surface area contributed by atoms with E-state index in [1.165, 1.54) is 12.1 Å². The number of benzene rings is 2. The SMILES string of the molecule is COc1ccc(O)c(CNCCc2cc(F)cc(F)c2)c1. The predicted octanol–water partition coefficient (Wildman–Crippen LogP) is 3.01. The number of halogens is 2. The van der Waals surface area contributed by atoms with Crippen molar-refractivity contribution >= 4 is 0 Å². The fraction of sp³-hybridized carbons (Fsp3) is 0.250. The molecule has 21 heavy (non-hydrogen) atoms. The molecule has 2 aromatic carbocycles. The fourth-order valence-electron chi connectivity index (χ4n) is 2.04. The summed E-state index contributed by atoms with van der Waals surface area (Å²) >= 11 is 0. The number of rotatable bonds is 6. The molecule has 2 rings (SSSR count). The van der Waals surface area contributed by atoms with Gasteiger partial charge in [-0.25, -0.2) is 8.78 Å². The second-order valence-electron chi connectivity index (χ2n) is 4.70. The molecule has 0 bridgehead atoms. The number of nitrogens with one attached hydrogen (secondary N) is 1. The number of phenols is 1. The van der Waals surface area contributed by atoms with Crippen LogP contribution in [0.4, 0.5) is 8.78 Å². The Morgan fingerprint density at radius 2 is 1.81 bits per heavy atom. The van der Waals surface area contributed by atoms with Gasteiger partial charge in [-0.05, 0) is 48.9 Å². The first kappa shape index (κ1) is 15.3. The van der Waals surface area contributed by atoms with Crippen molar-refractivity contribution in [1.82, 2.24) is 5.32 Å². The molecule has 0 spiro atoms. The van der Waals surface area contributed by atoms with Crippen LogP contribution >= 0.6 is 0 Å². The molecule has 0 unspecified atom stereocenters. The molecule has 0 saturated carbocycles. The molecule has 0 aliphatic carbocycles. The van der Waals surface area contributed by atoms with Crippen LogP contribution in [-0.4, -0.2) is 18.8 Å². The van der Waals surface area contributed by atoms with E-state index in [1.807, 2.05) is 0 Å². The first-order valence-electron chi connectivity index (χ1n) is 6.60. The molecule has 5 heteroatoms. The van der Waals surface area contributed by atoms with Gasteiger partial charge in [0.25, 0.3) is 0 Å². The van der Waals surface area contributed by atoms with Gasteiger partial charge >= 0.3 is 0 Å². The van der Waals surface area contributed by atoms with Gasteiger partial charge in [0.05, 0.1) is 7.11 Å². The standard InChI is InChI=1S/C16H17F2NO2/c1-21-15-2-3-16(20)12(8-15)10-19-5-4-11-6-13(17)9-14(18)7-11/h2-3,6-9,19-20H,4-5,10H2,1H3. The van der Waals surface area contributed by atoms with Crippen LogP contribution in [0.25, 0.3) is 0 Å². The average Bonchev–Trinajstić information content (AvgIpc) is 2.44. The van der Waals surface area contributed by atoms with E-state index in [4.69, 9.17) is 4.74 Å². The summed E-state index contributed by atoms with van der Waals surface area (Å²) in [6, 6.07) is 8.46. The molecule has 0 heterocycles. The molecule has 3 nitrogen and oxygen atoms in total. The lowest BCUT2D eigenvalue weighted by Crippen LogP contribution is -2.17. The quantitative estimate of drug-likeness (QED) is 0.804. The number of phenolic OH excluding ortho intramolecular Hbond substituents is 1. The zero-order chi connectivity index (χ0) is 15.2. The Morgan fingerprint density at radius 1 is 1.10 bits per heavy atom. The highest BCUT2D eigenvalue weighted by Gasteiger charge is 2.04. The Labute approximate surface area is 122 Å². The lowest BCUT2D eigenvalue weighted by atomic mass is 10.1. The molecule has 0 aliphatic rings. The first-order valence-corrected chi connectivity index (χ1v) is 6.60. The highest BCUT2D eigenvalue weighted by Crippen LogP contribution is 2.22. The summed E-state index contributed by atoms with van der Waals surface area (Å²) in [5.74, 6) is -0.303. The summed E-state index contributed by atoms with van der Waals surface area (Å²) < 4.78 is 31.2. The van der Waals surface area contributed by atoms with Gasteiger partial charge in [0.1, 0.15) is 23.1 Å². The maximum Gasteiger partial charge on any atom is 0.126 e. The largest absolute Gasteiger partial charge is 0.508 e. The minimum absolute atomic E-state index is 0.181. The Bertz CT molecular complexity index is 597. The van der Waals surface area contributed by atoms with Crippen molar-refractivity contribution < 1.29 is 18.6 Å². The summed E-state index contributed by atoms with van der Waals surface area (Å²) in [5, 5.41) is 12.8. The van der Waals surface area contributed by atoms with E-state index in [9.17, 15) is 13.9 Å². The van der Waals surface area contributed by atoms with Gasteiger partial charge in [0.15, 0.2) is 0 Å². The molecule has 0 atom stereocenters. The molecule has 0 amide bonds. The van der Waals surface area contributed by atoms with E-state index >= 15 is 0 Å². The van der Waals surface area contributed by atoms with Gasteiger partial charge in [-0.1, -0.05) is 0 Å². The van der Waals surface area contributed by atoms with Crippen molar-refractivity contribution in [2.45, 2.75) is 13.0 Å². The Kier molecular flexibility index (Phi) is 5.11. The Hall–Kier alpha value is -2.14. The van der Waals surface area contributed by atoms with Gasteiger partial charge in [0, 0.05) is 18.2 Å². The van der Waals surface area contributed by atoms with Gasteiger partial charge in [-0.2, -0.15) is 0 Å². The molecule has 0 aromatic heterocycles.